The van der Waals surface area contributed by atoms with Gasteiger partial charge in [0.15, 0.2) is 0 Å². The third-order valence-corrected chi connectivity index (χ3v) is 11.1. The normalized spacial score (nSPS) is 25.8. The number of piperidine rings is 1. The van der Waals surface area contributed by atoms with E-state index in [0.29, 0.717) is 48.9 Å². The van der Waals surface area contributed by atoms with Gasteiger partial charge in [-0.2, -0.15) is 0 Å². The number of nitrogens with zero attached hydrogens (tertiary/aromatic N) is 1. The molecule has 2 amide bonds. The van der Waals surface area contributed by atoms with E-state index in [2.05, 4.69) is 22.8 Å². The van der Waals surface area contributed by atoms with Crippen LogP contribution in [0.1, 0.15) is 84.8 Å². The third kappa shape index (κ3) is 7.56. The number of hydrogen-bond acceptors (Lipinski definition) is 7. The van der Waals surface area contributed by atoms with Crippen LogP contribution in [0.15, 0.2) is 78.9 Å². The average molecular weight is 666 g/mol. The molecule has 0 aromatic heterocycles. The number of likely N-dealkylation sites (tertiary alicyclic amines) is 1. The van der Waals surface area contributed by atoms with Crippen molar-refractivity contribution >= 4 is 23.8 Å². The van der Waals surface area contributed by atoms with Gasteiger partial charge in [0.25, 0.3) is 0 Å². The zero-order chi connectivity index (χ0) is 33.8. The summed E-state index contributed by atoms with van der Waals surface area (Å²) in [6.07, 6.45) is 6.07. The number of rotatable bonds is 10. The lowest BCUT2D eigenvalue weighted by molar-refractivity contribution is -0.0373. The topological polar surface area (TPSA) is 106 Å². The molecular weight excluding hydrogens is 618 g/mol. The van der Waals surface area contributed by atoms with Crippen molar-refractivity contribution in [3.05, 3.63) is 101 Å². The smallest absolute Gasteiger partial charge is 0.410 e. The quantitative estimate of drug-likeness (QED) is 0.169. The summed E-state index contributed by atoms with van der Waals surface area (Å²) in [5.41, 5.74) is 4.30. The molecule has 2 N–H and O–H groups in total. The van der Waals surface area contributed by atoms with E-state index in [1.807, 2.05) is 73.7 Å². The van der Waals surface area contributed by atoms with Gasteiger partial charge in [0.1, 0.15) is 13.2 Å². The number of carbonyl (C=O) groups excluding carboxylic acids is 3. The molecule has 2 unspecified atom stereocenters. The van der Waals surface area contributed by atoms with Gasteiger partial charge in [-0.05, 0) is 104 Å². The molecule has 3 aromatic carbocycles. The maximum absolute atomic E-state index is 13.1. The Morgan fingerprint density at radius 3 is 2.06 bits per heavy atom. The van der Waals surface area contributed by atoms with Gasteiger partial charge in [-0.15, -0.1) is 0 Å². The van der Waals surface area contributed by atoms with Crippen molar-refractivity contribution in [1.82, 2.24) is 10.2 Å². The van der Waals surface area contributed by atoms with Crippen molar-refractivity contribution in [3.8, 4) is 0 Å². The summed E-state index contributed by atoms with van der Waals surface area (Å²) >= 11 is 0. The fourth-order valence-electron chi connectivity index (χ4n) is 9.21. The molecule has 4 bridgehead atoms. The first-order valence-electron chi connectivity index (χ1n) is 17.9. The summed E-state index contributed by atoms with van der Waals surface area (Å²) in [5.74, 6) is 1.54. The van der Waals surface area contributed by atoms with E-state index < -0.39 is 0 Å². The molecule has 5 aliphatic rings. The maximum atomic E-state index is 13.1. The van der Waals surface area contributed by atoms with Gasteiger partial charge in [-0.25, -0.2) is 14.4 Å². The second kappa shape index (κ2) is 14.5. The first-order valence-corrected chi connectivity index (χ1v) is 17.9. The fraction of sp³-hybridized carbons (Fsp3) is 0.475. The minimum atomic E-state index is -0.333. The molecule has 5 fully saturated rings. The van der Waals surface area contributed by atoms with Crippen molar-refractivity contribution in [3.63, 3.8) is 0 Å². The van der Waals surface area contributed by atoms with E-state index in [-0.39, 0.29) is 43.0 Å². The van der Waals surface area contributed by atoms with Gasteiger partial charge < -0.3 is 29.7 Å². The Kier molecular flexibility index (Phi) is 9.78. The van der Waals surface area contributed by atoms with Crippen molar-refractivity contribution in [1.29, 1.82) is 0 Å². The van der Waals surface area contributed by atoms with E-state index >= 15 is 0 Å². The van der Waals surface area contributed by atoms with Crippen molar-refractivity contribution in [2.24, 2.45) is 17.8 Å². The SMILES string of the molecule is CCOC(=O)c1ccc(C2C3CC4CC2CC(NC(=O)OCc2ccccc2)(C4)C3)cc1NC1CCN(C(=O)OCc2ccccc2)CC1. The standard InChI is InChI=1S/C40H47N3O6/c1-2-47-37(44)34-14-13-30(21-35(34)41-33-15-17-43(18-16-33)39(46)49-26-28-11-7-4-8-12-28)36-31-19-29-20-32(36)24-40(22-29,23-31)42-38(45)48-25-27-9-5-3-6-10-27/h3-14,21,29,31-33,36,41H,2,15-20,22-26H2,1H3,(H,42,45). The lowest BCUT2D eigenvalue weighted by Gasteiger charge is -2.60. The Balaban J connectivity index is 1.00. The maximum Gasteiger partial charge on any atom is 0.410 e. The predicted octanol–water partition coefficient (Wildman–Crippen LogP) is 7.67. The molecule has 4 aliphatic carbocycles. The van der Waals surface area contributed by atoms with Gasteiger partial charge in [0.2, 0.25) is 0 Å². The molecule has 8 rings (SSSR count). The van der Waals surface area contributed by atoms with E-state index in [0.717, 1.165) is 61.8 Å². The van der Waals surface area contributed by atoms with Crippen LogP contribution in [0.2, 0.25) is 0 Å². The highest BCUT2D eigenvalue weighted by Crippen LogP contribution is 2.61. The lowest BCUT2D eigenvalue weighted by atomic mass is 9.48. The Hall–Kier alpha value is -4.53. The summed E-state index contributed by atoms with van der Waals surface area (Å²) in [6.45, 7) is 3.81. The number of ether oxygens (including phenoxy) is 3. The summed E-state index contributed by atoms with van der Waals surface area (Å²) in [7, 11) is 0. The van der Waals surface area contributed by atoms with Crippen molar-refractivity contribution in [2.75, 3.05) is 25.0 Å². The number of benzene rings is 3. The molecule has 2 atom stereocenters. The van der Waals surface area contributed by atoms with Crippen LogP contribution in [-0.4, -0.2) is 54.3 Å². The van der Waals surface area contributed by atoms with Gasteiger partial charge in [-0.3, -0.25) is 0 Å². The summed E-state index contributed by atoms with van der Waals surface area (Å²) in [6, 6.07) is 25.8. The first kappa shape index (κ1) is 33.0. The number of carbonyl (C=O) groups is 3. The zero-order valence-electron chi connectivity index (χ0n) is 28.3. The Bertz CT molecular complexity index is 1610. The molecular formula is C40H47N3O6. The molecule has 1 aliphatic heterocycles. The second-order valence-corrected chi connectivity index (χ2v) is 14.4. The Labute approximate surface area is 288 Å². The predicted molar refractivity (Wildman–Crippen MR) is 186 cm³/mol. The molecule has 49 heavy (non-hydrogen) atoms. The highest BCUT2D eigenvalue weighted by atomic mass is 16.6. The third-order valence-electron chi connectivity index (χ3n) is 11.1. The number of nitrogens with one attached hydrogen (secondary N) is 2. The molecule has 1 heterocycles. The Morgan fingerprint density at radius 1 is 0.796 bits per heavy atom. The molecule has 0 radical (unpaired) electrons. The van der Waals surface area contributed by atoms with Crippen LogP contribution in [0.4, 0.5) is 15.3 Å². The van der Waals surface area contributed by atoms with Crippen LogP contribution >= 0.6 is 0 Å². The molecule has 4 saturated carbocycles. The number of esters is 1. The van der Waals surface area contributed by atoms with Crippen LogP contribution in [0.5, 0.6) is 0 Å². The van der Waals surface area contributed by atoms with Crippen LogP contribution in [0.3, 0.4) is 0 Å². The number of hydrogen-bond donors (Lipinski definition) is 2. The fourth-order valence-corrected chi connectivity index (χ4v) is 9.21. The van der Waals surface area contributed by atoms with Crippen LogP contribution < -0.4 is 10.6 Å². The minimum absolute atomic E-state index is 0.106. The monoisotopic (exact) mass is 665 g/mol. The van der Waals surface area contributed by atoms with Crippen molar-refractivity contribution in [2.45, 2.75) is 82.6 Å². The van der Waals surface area contributed by atoms with Gasteiger partial charge in [0, 0.05) is 30.4 Å². The minimum Gasteiger partial charge on any atom is -0.462 e. The average Bonchev–Trinajstić information content (AvgIpc) is 3.10. The molecule has 9 nitrogen and oxygen atoms in total. The second-order valence-electron chi connectivity index (χ2n) is 14.4. The van der Waals surface area contributed by atoms with Gasteiger partial charge in [0.05, 0.1) is 12.2 Å². The first-order chi connectivity index (χ1) is 23.9. The van der Waals surface area contributed by atoms with E-state index in [1.165, 1.54) is 5.56 Å². The molecule has 0 spiro atoms. The number of anilines is 1. The van der Waals surface area contributed by atoms with Crippen LogP contribution in [-0.2, 0) is 27.4 Å². The summed E-state index contributed by atoms with van der Waals surface area (Å²) in [5, 5.41) is 7.00. The molecule has 9 heteroatoms. The van der Waals surface area contributed by atoms with Gasteiger partial charge >= 0.3 is 18.2 Å². The van der Waals surface area contributed by atoms with Crippen LogP contribution in [0.25, 0.3) is 0 Å². The lowest BCUT2D eigenvalue weighted by Crippen LogP contribution is -2.61. The highest BCUT2D eigenvalue weighted by Gasteiger charge is 2.56. The number of amides is 2. The summed E-state index contributed by atoms with van der Waals surface area (Å²) in [4.78, 5) is 40.6. The van der Waals surface area contributed by atoms with E-state index in [4.69, 9.17) is 14.2 Å². The molecule has 3 aromatic rings. The summed E-state index contributed by atoms with van der Waals surface area (Å²) < 4.78 is 16.7. The zero-order valence-corrected chi connectivity index (χ0v) is 28.3. The largest absolute Gasteiger partial charge is 0.462 e. The Morgan fingerprint density at radius 2 is 1.43 bits per heavy atom. The van der Waals surface area contributed by atoms with Crippen LogP contribution in [0, 0.1) is 17.8 Å². The highest BCUT2D eigenvalue weighted by molar-refractivity contribution is 5.96. The molecule has 258 valence electrons. The van der Waals surface area contributed by atoms with E-state index in [9.17, 15) is 14.4 Å². The number of alkyl carbamates (subject to hydrolysis) is 1. The van der Waals surface area contributed by atoms with E-state index in [1.54, 1.807) is 4.90 Å². The van der Waals surface area contributed by atoms with Crippen molar-refractivity contribution < 1.29 is 28.6 Å². The molecule has 1 saturated heterocycles. The van der Waals surface area contributed by atoms with Gasteiger partial charge in [-0.1, -0.05) is 66.7 Å².